The lowest BCUT2D eigenvalue weighted by atomic mass is 9.91. The standard InChI is InChI=1S/C17H30N2O2/c1-7-13(6)15-17(21)19(9-8-11(2)3)14(10-12(4)5)16(20)18-15/h8,12-15H,7,9-10H2,1-6H3,(H,18,20). The van der Waals surface area contributed by atoms with Gasteiger partial charge >= 0.3 is 0 Å². The van der Waals surface area contributed by atoms with E-state index in [9.17, 15) is 9.59 Å². The Hall–Kier alpha value is -1.32. The summed E-state index contributed by atoms with van der Waals surface area (Å²) in [4.78, 5) is 27.0. The maximum Gasteiger partial charge on any atom is 0.246 e. The monoisotopic (exact) mass is 294 g/mol. The van der Waals surface area contributed by atoms with Crippen molar-refractivity contribution in [3.8, 4) is 0 Å². The molecular weight excluding hydrogens is 264 g/mol. The van der Waals surface area contributed by atoms with Gasteiger partial charge in [-0.15, -0.1) is 0 Å². The van der Waals surface area contributed by atoms with Crippen LogP contribution in [0.2, 0.25) is 0 Å². The molecule has 0 bridgehead atoms. The summed E-state index contributed by atoms with van der Waals surface area (Å²) < 4.78 is 0. The molecule has 1 heterocycles. The van der Waals surface area contributed by atoms with Crippen molar-refractivity contribution in [3.63, 3.8) is 0 Å². The molecule has 3 atom stereocenters. The molecule has 0 aromatic heterocycles. The third kappa shape index (κ3) is 4.58. The van der Waals surface area contributed by atoms with E-state index < -0.39 is 0 Å². The van der Waals surface area contributed by atoms with Crippen LogP contribution < -0.4 is 5.32 Å². The molecule has 4 heteroatoms. The summed E-state index contributed by atoms with van der Waals surface area (Å²) in [7, 11) is 0. The van der Waals surface area contributed by atoms with Crippen LogP contribution in [0.25, 0.3) is 0 Å². The molecule has 4 nitrogen and oxygen atoms in total. The minimum absolute atomic E-state index is 0.00393. The highest BCUT2D eigenvalue weighted by Crippen LogP contribution is 2.22. The fourth-order valence-electron chi connectivity index (χ4n) is 2.59. The maximum atomic E-state index is 12.8. The van der Waals surface area contributed by atoms with Crippen LogP contribution in [-0.4, -0.2) is 35.3 Å². The maximum absolute atomic E-state index is 12.8. The topological polar surface area (TPSA) is 49.4 Å². The molecule has 3 unspecified atom stereocenters. The zero-order valence-corrected chi connectivity index (χ0v) is 14.3. The molecule has 1 rings (SSSR count). The van der Waals surface area contributed by atoms with Gasteiger partial charge in [0.15, 0.2) is 0 Å². The molecule has 21 heavy (non-hydrogen) atoms. The van der Waals surface area contributed by atoms with Crippen molar-refractivity contribution >= 4 is 11.8 Å². The third-order valence-electron chi connectivity index (χ3n) is 4.13. The van der Waals surface area contributed by atoms with E-state index in [0.29, 0.717) is 18.9 Å². The average Bonchev–Trinajstić information content (AvgIpc) is 2.40. The number of piperazine rings is 1. The Labute approximate surface area is 129 Å². The zero-order chi connectivity index (χ0) is 16.2. The van der Waals surface area contributed by atoms with Crippen LogP contribution in [-0.2, 0) is 9.59 Å². The lowest BCUT2D eigenvalue weighted by molar-refractivity contribution is -0.150. The van der Waals surface area contributed by atoms with Crippen molar-refractivity contribution in [2.24, 2.45) is 11.8 Å². The molecule has 1 aliphatic rings. The first kappa shape index (κ1) is 17.7. The number of nitrogens with one attached hydrogen (secondary N) is 1. The highest BCUT2D eigenvalue weighted by molar-refractivity contribution is 5.97. The average molecular weight is 294 g/mol. The van der Waals surface area contributed by atoms with Gasteiger partial charge in [0, 0.05) is 6.54 Å². The summed E-state index contributed by atoms with van der Waals surface area (Å²) in [5.41, 5.74) is 1.16. The van der Waals surface area contributed by atoms with E-state index in [1.54, 1.807) is 4.90 Å². The number of amides is 2. The van der Waals surface area contributed by atoms with Crippen molar-refractivity contribution in [2.75, 3.05) is 6.54 Å². The second-order valence-electron chi connectivity index (χ2n) is 6.79. The molecule has 1 fully saturated rings. The highest BCUT2D eigenvalue weighted by atomic mass is 16.2. The second-order valence-corrected chi connectivity index (χ2v) is 6.79. The van der Waals surface area contributed by atoms with Crippen molar-refractivity contribution in [3.05, 3.63) is 11.6 Å². The molecule has 2 amide bonds. The van der Waals surface area contributed by atoms with Gasteiger partial charge in [-0.2, -0.15) is 0 Å². The highest BCUT2D eigenvalue weighted by Gasteiger charge is 2.41. The van der Waals surface area contributed by atoms with Crippen LogP contribution in [0.3, 0.4) is 0 Å². The molecule has 0 saturated carbocycles. The van der Waals surface area contributed by atoms with E-state index in [2.05, 4.69) is 19.2 Å². The summed E-state index contributed by atoms with van der Waals surface area (Å²) in [5, 5.41) is 2.94. The Balaban J connectivity index is 3.01. The Morgan fingerprint density at radius 1 is 1.29 bits per heavy atom. The Morgan fingerprint density at radius 3 is 2.38 bits per heavy atom. The van der Waals surface area contributed by atoms with E-state index in [1.807, 2.05) is 33.8 Å². The van der Waals surface area contributed by atoms with Gasteiger partial charge in [-0.25, -0.2) is 0 Å². The summed E-state index contributed by atoms with van der Waals surface area (Å²) in [5.74, 6) is 0.599. The molecule has 0 aromatic rings. The van der Waals surface area contributed by atoms with Gasteiger partial charge in [0.25, 0.3) is 0 Å². The van der Waals surface area contributed by atoms with Gasteiger partial charge in [0.2, 0.25) is 11.8 Å². The minimum atomic E-state index is -0.378. The van der Waals surface area contributed by atoms with Crippen LogP contribution in [0, 0.1) is 11.8 Å². The number of allylic oxidation sites excluding steroid dienone is 1. The first-order valence-corrected chi connectivity index (χ1v) is 8.02. The number of hydrogen-bond donors (Lipinski definition) is 1. The van der Waals surface area contributed by atoms with Crippen molar-refractivity contribution in [1.82, 2.24) is 10.2 Å². The van der Waals surface area contributed by atoms with Gasteiger partial charge < -0.3 is 10.2 Å². The lowest BCUT2D eigenvalue weighted by Gasteiger charge is -2.41. The van der Waals surface area contributed by atoms with E-state index in [0.717, 1.165) is 12.0 Å². The van der Waals surface area contributed by atoms with Crippen molar-refractivity contribution in [2.45, 2.75) is 66.5 Å². The molecule has 1 aliphatic heterocycles. The summed E-state index contributed by atoms with van der Waals surface area (Å²) in [6.07, 6.45) is 3.61. The number of rotatable bonds is 6. The number of hydrogen-bond acceptors (Lipinski definition) is 2. The van der Waals surface area contributed by atoms with Gasteiger partial charge in [-0.05, 0) is 32.1 Å². The van der Waals surface area contributed by atoms with Gasteiger partial charge in [0.1, 0.15) is 12.1 Å². The molecule has 0 spiro atoms. The van der Waals surface area contributed by atoms with E-state index in [1.165, 1.54) is 0 Å². The largest absolute Gasteiger partial charge is 0.342 e. The zero-order valence-electron chi connectivity index (χ0n) is 14.3. The van der Waals surface area contributed by atoms with Gasteiger partial charge in [-0.3, -0.25) is 9.59 Å². The molecule has 120 valence electrons. The predicted molar refractivity (Wildman–Crippen MR) is 85.8 cm³/mol. The molecule has 0 radical (unpaired) electrons. The summed E-state index contributed by atoms with van der Waals surface area (Å²) in [6, 6.07) is -0.718. The molecular formula is C17H30N2O2. The fourth-order valence-corrected chi connectivity index (χ4v) is 2.59. The Morgan fingerprint density at radius 2 is 1.90 bits per heavy atom. The number of carbonyl (C=O) groups is 2. The normalized spacial score (nSPS) is 24.0. The molecule has 0 aromatic carbocycles. The summed E-state index contributed by atoms with van der Waals surface area (Å²) in [6.45, 7) is 12.8. The SMILES string of the molecule is CCC(C)C1NC(=O)C(CC(C)C)N(CC=C(C)C)C1=O. The number of carbonyl (C=O) groups excluding carboxylic acids is 2. The Bertz CT molecular complexity index is 411. The molecule has 1 N–H and O–H groups in total. The minimum Gasteiger partial charge on any atom is -0.342 e. The van der Waals surface area contributed by atoms with Crippen LogP contribution in [0.4, 0.5) is 0 Å². The first-order valence-electron chi connectivity index (χ1n) is 8.02. The van der Waals surface area contributed by atoms with E-state index >= 15 is 0 Å². The lowest BCUT2D eigenvalue weighted by Crippen LogP contribution is -2.65. The van der Waals surface area contributed by atoms with E-state index in [4.69, 9.17) is 0 Å². The van der Waals surface area contributed by atoms with Gasteiger partial charge in [0.05, 0.1) is 0 Å². The second kappa shape index (κ2) is 7.62. The quantitative estimate of drug-likeness (QED) is 0.766. The van der Waals surface area contributed by atoms with Crippen molar-refractivity contribution < 1.29 is 9.59 Å². The van der Waals surface area contributed by atoms with Crippen LogP contribution in [0.15, 0.2) is 11.6 Å². The van der Waals surface area contributed by atoms with Gasteiger partial charge in [-0.1, -0.05) is 45.8 Å². The predicted octanol–water partition coefficient (Wildman–Crippen LogP) is 2.74. The molecule has 1 saturated heterocycles. The summed E-state index contributed by atoms with van der Waals surface area (Å²) >= 11 is 0. The molecule has 0 aliphatic carbocycles. The van der Waals surface area contributed by atoms with Crippen molar-refractivity contribution in [1.29, 1.82) is 0 Å². The number of nitrogens with zero attached hydrogens (tertiary/aromatic N) is 1. The first-order chi connectivity index (χ1) is 9.77. The van der Waals surface area contributed by atoms with Crippen LogP contribution in [0.1, 0.15) is 54.4 Å². The van der Waals surface area contributed by atoms with Crippen LogP contribution in [0.5, 0.6) is 0 Å². The van der Waals surface area contributed by atoms with Crippen LogP contribution >= 0.6 is 0 Å². The smallest absolute Gasteiger partial charge is 0.246 e. The van der Waals surface area contributed by atoms with E-state index in [-0.39, 0.29) is 29.8 Å². The fraction of sp³-hybridized carbons (Fsp3) is 0.765. The third-order valence-corrected chi connectivity index (χ3v) is 4.13. The Kier molecular flexibility index (Phi) is 6.43.